The highest BCUT2D eigenvalue weighted by Gasteiger charge is 2.20. The van der Waals surface area contributed by atoms with E-state index < -0.39 is 0 Å². The van der Waals surface area contributed by atoms with E-state index >= 15 is 0 Å². The molecule has 0 saturated carbocycles. The van der Waals surface area contributed by atoms with Gasteiger partial charge in [-0.05, 0) is 50.6 Å². The summed E-state index contributed by atoms with van der Waals surface area (Å²) in [6, 6.07) is 12.2. The molecule has 0 saturated heterocycles. The summed E-state index contributed by atoms with van der Waals surface area (Å²) in [7, 11) is 1.69. The van der Waals surface area contributed by atoms with Crippen molar-refractivity contribution in [1.82, 2.24) is 0 Å². The summed E-state index contributed by atoms with van der Waals surface area (Å²) >= 11 is 0. The molecule has 0 fully saturated rings. The maximum absolute atomic E-state index is 6.13. The maximum atomic E-state index is 6.13. The highest BCUT2D eigenvalue weighted by atomic mass is 16.5. The molecule has 0 amide bonds. The molecule has 4 heteroatoms. The lowest BCUT2D eigenvalue weighted by atomic mass is 10.0. The third-order valence-electron chi connectivity index (χ3n) is 3.49. The molecule has 22 heavy (non-hydrogen) atoms. The number of nitrogens with one attached hydrogen (secondary N) is 2. The van der Waals surface area contributed by atoms with Crippen LogP contribution in [0.15, 0.2) is 36.4 Å². The first-order valence-corrected chi connectivity index (χ1v) is 7.46. The average Bonchev–Trinajstić information content (AvgIpc) is 2.92. The molecular formula is C18H22N2O2. The zero-order chi connectivity index (χ0) is 15.7. The molecule has 0 bridgehead atoms. The van der Waals surface area contributed by atoms with Crippen LogP contribution in [0.5, 0.6) is 11.5 Å². The van der Waals surface area contributed by atoms with E-state index in [1.807, 2.05) is 39.0 Å². The first-order valence-electron chi connectivity index (χ1n) is 7.46. The quantitative estimate of drug-likeness (QED) is 0.885. The Morgan fingerprint density at radius 3 is 2.41 bits per heavy atom. The number of fused-ring (bicyclic) bond motifs is 1. The van der Waals surface area contributed by atoms with Crippen LogP contribution in [0.4, 0.5) is 11.4 Å². The highest BCUT2D eigenvalue weighted by Crippen LogP contribution is 2.42. The van der Waals surface area contributed by atoms with Crippen molar-refractivity contribution < 1.29 is 9.47 Å². The third-order valence-corrected chi connectivity index (χ3v) is 3.49. The molecule has 2 N–H and O–H groups in total. The van der Waals surface area contributed by atoms with Crippen LogP contribution < -0.4 is 20.1 Å². The summed E-state index contributed by atoms with van der Waals surface area (Å²) in [4.78, 5) is 0. The molecule has 0 atom stereocenters. The molecule has 0 aliphatic carbocycles. The molecule has 0 aromatic heterocycles. The Labute approximate surface area is 131 Å². The summed E-state index contributed by atoms with van der Waals surface area (Å²) in [6.45, 7) is 6.90. The number of hydrogen-bond acceptors (Lipinski definition) is 4. The van der Waals surface area contributed by atoms with Crippen LogP contribution in [-0.2, 0) is 0 Å². The smallest absolute Gasteiger partial charge is 0.131 e. The molecule has 1 aliphatic heterocycles. The second-order valence-corrected chi connectivity index (χ2v) is 6.34. The Morgan fingerprint density at radius 1 is 0.955 bits per heavy atom. The number of anilines is 2. The van der Waals surface area contributed by atoms with Gasteiger partial charge in [0.2, 0.25) is 0 Å². The minimum atomic E-state index is -0.266. The number of methoxy groups -OCH3 is 1. The van der Waals surface area contributed by atoms with Gasteiger partial charge in [0.15, 0.2) is 0 Å². The van der Waals surface area contributed by atoms with Crippen molar-refractivity contribution in [3.05, 3.63) is 36.4 Å². The molecule has 1 aliphatic rings. The largest absolute Gasteiger partial charge is 0.496 e. The van der Waals surface area contributed by atoms with Gasteiger partial charge in [-0.25, -0.2) is 0 Å². The summed E-state index contributed by atoms with van der Waals surface area (Å²) in [5.74, 6) is 1.64. The fraction of sp³-hybridized carbons (Fsp3) is 0.333. The van der Waals surface area contributed by atoms with E-state index in [4.69, 9.17) is 9.47 Å². The summed E-state index contributed by atoms with van der Waals surface area (Å²) in [5.41, 5.74) is 4.02. The number of benzene rings is 2. The van der Waals surface area contributed by atoms with E-state index in [-0.39, 0.29) is 5.60 Å². The van der Waals surface area contributed by atoms with E-state index in [1.54, 1.807) is 7.11 Å². The molecule has 2 aromatic carbocycles. The van der Waals surface area contributed by atoms with Crippen molar-refractivity contribution >= 4 is 11.4 Å². The Bertz CT molecular complexity index is 690. The lowest BCUT2D eigenvalue weighted by molar-refractivity contribution is 0.131. The highest BCUT2D eigenvalue weighted by molar-refractivity contribution is 5.84. The van der Waals surface area contributed by atoms with Gasteiger partial charge < -0.3 is 20.1 Å². The standard InChI is InChI=1S/C18H22N2O2/c1-18(2,3)22-16-7-5-6-15(21-4)17(16)12-8-9-13-14(10-12)20-11-19-13/h5-10,19-20H,11H2,1-4H3. The number of hydrogen-bond donors (Lipinski definition) is 2. The van der Waals surface area contributed by atoms with Gasteiger partial charge in [0.05, 0.1) is 30.7 Å². The Morgan fingerprint density at radius 2 is 1.68 bits per heavy atom. The number of rotatable bonds is 3. The van der Waals surface area contributed by atoms with Crippen molar-refractivity contribution in [2.24, 2.45) is 0 Å². The maximum Gasteiger partial charge on any atom is 0.131 e. The zero-order valence-corrected chi connectivity index (χ0v) is 13.5. The second kappa shape index (κ2) is 5.44. The van der Waals surface area contributed by atoms with Crippen LogP contribution in [0, 0.1) is 0 Å². The lowest BCUT2D eigenvalue weighted by Crippen LogP contribution is -2.23. The van der Waals surface area contributed by atoms with Crippen LogP contribution in [0.25, 0.3) is 11.1 Å². The fourth-order valence-electron chi connectivity index (χ4n) is 2.62. The third kappa shape index (κ3) is 2.82. The topological polar surface area (TPSA) is 42.5 Å². The Balaban J connectivity index is 2.11. The van der Waals surface area contributed by atoms with Crippen molar-refractivity contribution in [3.8, 4) is 22.6 Å². The van der Waals surface area contributed by atoms with Gasteiger partial charge in [-0.3, -0.25) is 0 Å². The molecule has 0 radical (unpaired) electrons. The van der Waals surface area contributed by atoms with Gasteiger partial charge in [-0.15, -0.1) is 0 Å². The van der Waals surface area contributed by atoms with E-state index in [0.717, 1.165) is 40.7 Å². The van der Waals surface area contributed by atoms with Gasteiger partial charge in [0, 0.05) is 0 Å². The predicted molar refractivity (Wildman–Crippen MR) is 90.9 cm³/mol. The predicted octanol–water partition coefficient (Wildman–Crippen LogP) is 4.33. The van der Waals surface area contributed by atoms with Crippen LogP contribution in [0.2, 0.25) is 0 Å². The van der Waals surface area contributed by atoms with Crippen molar-refractivity contribution in [3.63, 3.8) is 0 Å². The van der Waals surface area contributed by atoms with Crippen molar-refractivity contribution in [1.29, 1.82) is 0 Å². The van der Waals surface area contributed by atoms with E-state index in [9.17, 15) is 0 Å². The molecular weight excluding hydrogens is 276 g/mol. The van der Waals surface area contributed by atoms with Gasteiger partial charge in [-0.1, -0.05) is 12.1 Å². The molecule has 1 heterocycles. The zero-order valence-electron chi connectivity index (χ0n) is 13.5. The van der Waals surface area contributed by atoms with Crippen LogP contribution in [0.3, 0.4) is 0 Å². The molecule has 0 unspecified atom stereocenters. The molecule has 4 nitrogen and oxygen atoms in total. The molecule has 2 aromatic rings. The van der Waals surface area contributed by atoms with Crippen LogP contribution in [0.1, 0.15) is 20.8 Å². The minimum Gasteiger partial charge on any atom is -0.496 e. The normalized spacial score (nSPS) is 13.1. The molecule has 3 rings (SSSR count). The van der Waals surface area contributed by atoms with Gasteiger partial charge >= 0.3 is 0 Å². The fourth-order valence-corrected chi connectivity index (χ4v) is 2.62. The lowest BCUT2D eigenvalue weighted by Gasteiger charge is -2.24. The van der Waals surface area contributed by atoms with E-state index in [1.165, 1.54) is 0 Å². The van der Waals surface area contributed by atoms with Gasteiger partial charge in [0.1, 0.15) is 17.1 Å². The van der Waals surface area contributed by atoms with Gasteiger partial charge in [0.25, 0.3) is 0 Å². The minimum absolute atomic E-state index is 0.266. The Kier molecular flexibility index (Phi) is 3.61. The summed E-state index contributed by atoms with van der Waals surface area (Å²) < 4.78 is 11.7. The summed E-state index contributed by atoms with van der Waals surface area (Å²) in [5, 5.41) is 6.61. The number of ether oxygens (including phenoxy) is 2. The monoisotopic (exact) mass is 298 g/mol. The molecule has 0 spiro atoms. The van der Waals surface area contributed by atoms with E-state index in [2.05, 4.69) is 28.8 Å². The first kappa shape index (κ1) is 14.6. The molecule has 116 valence electrons. The second-order valence-electron chi connectivity index (χ2n) is 6.34. The van der Waals surface area contributed by atoms with E-state index in [0.29, 0.717) is 0 Å². The Hall–Kier alpha value is -2.36. The van der Waals surface area contributed by atoms with Gasteiger partial charge in [-0.2, -0.15) is 0 Å². The first-order chi connectivity index (χ1) is 10.5. The van der Waals surface area contributed by atoms with Crippen LogP contribution in [-0.4, -0.2) is 19.4 Å². The SMILES string of the molecule is COc1cccc(OC(C)(C)C)c1-c1ccc2c(c1)NCN2. The average molecular weight is 298 g/mol. The van der Waals surface area contributed by atoms with Crippen molar-refractivity contribution in [2.75, 3.05) is 24.4 Å². The van der Waals surface area contributed by atoms with Crippen molar-refractivity contribution in [2.45, 2.75) is 26.4 Å². The van der Waals surface area contributed by atoms with Crippen LogP contribution >= 0.6 is 0 Å². The summed E-state index contributed by atoms with van der Waals surface area (Å²) in [6.07, 6.45) is 0.